The average molecular weight is 312 g/mol. The molecule has 0 amide bonds. The Labute approximate surface area is 128 Å². The second kappa shape index (κ2) is 7.56. The Morgan fingerprint density at radius 2 is 2.29 bits per heavy atom. The topological polar surface area (TPSA) is 65.0 Å². The van der Waals surface area contributed by atoms with Crippen molar-refractivity contribution in [3.8, 4) is 11.5 Å². The number of methoxy groups -OCH3 is 1. The van der Waals surface area contributed by atoms with Crippen LogP contribution in [0.2, 0.25) is 0 Å². The van der Waals surface area contributed by atoms with E-state index in [1.54, 1.807) is 25.1 Å². The van der Waals surface area contributed by atoms with E-state index >= 15 is 0 Å². The number of benzene rings is 1. The molecule has 1 fully saturated rings. The van der Waals surface area contributed by atoms with Gasteiger partial charge in [0.1, 0.15) is 6.10 Å². The Kier molecular flexibility index (Phi) is 5.76. The zero-order chi connectivity index (χ0) is 15.2. The van der Waals surface area contributed by atoms with E-state index in [0.29, 0.717) is 17.1 Å². The summed E-state index contributed by atoms with van der Waals surface area (Å²) in [5.41, 5.74) is 0.429. The molecular formula is C15H20O5S. The molecule has 0 saturated carbocycles. The van der Waals surface area contributed by atoms with E-state index in [1.165, 1.54) is 7.11 Å². The Morgan fingerprint density at radius 1 is 1.48 bits per heavy atom. The monoisotopic (exact) mass is 312 g/mol. The first-order chi connectivity index (χ1) is 10.2. The standard InChI is InChI=1S/C15H20O5S/c1-3-19-15(17)14(16)10-4-5-12(13(8-10)18-2)20-11-6-7-21-9-11/h4-5,8,11,14,16H,3,6-7,9H2,1-2H3. The van der Waals surface area contributed by atoms with Gasteiger partial charge < -0.3 is 19.3 Å². The van der Waals surface area contributed by atoms with Crippen molar-refractivity contribution in [1.82, 2.24) is 0 Å². The molecular weight excluding hydrogens is 292 g/mol. The molecule has 1 aliphatic rings. The number of aliphatic hydroxyl groups excluding tert-OH is 1. The van der Waals surface area contributed by atoms with Crippen molar-refractivity contribution in [1.29, 1.82) is 0 Å². The van der Waals surface area contributed by atoms with Gasteiger partial charge in [-0.15, -0.1) is 0 Å². The smallest absolute Gasteiger partial charge is 0.339 e. The molecule has 1 saturated heterocycles. The Bertz CT molecular complexity index is 485. The SMILES string of the molecule is CCOC(=O)C(O)c1ccc(OC2CCSC2)c(OC)c1. The molecule has 0 aliphatic carbocycles. The fourth-order valence-electron chi connectivity index (χ4n) is 2.09. The number of esters is 1. The molecule has 2 atom stereocenters. The first-order valence-corrected chi connectivity index (χ1v) is 8.08. The molecule has 6 heteroatoms. The van der Waals surface area contributed by atoms with Crippen LogP contribution in [-0.4, -0.2) is 42.4 Å². The molecule has 1 aromatic carbocycles. The second-order valence-corrected chi connectivity index (χ2v) is 5.82. The summed E-state index contributed by atoms with van der Waals surface area (Å²) in [7, 11) is 1.53. The van der Waals surface area contributed by atoms with Gasteiger partial charge in [0.15, 0.2) is 17.6 Å². The minimum Gasteiger partial charge on any atom is -0.493 e. The third kappa shape index (κ3) is 4.04. The molecule has 0 spiro atoms. The van der Waals surface area contributed by atoms with Gasteiger partial charge in [0.2, 0.25) is 0 Å². The summed E-state index contributed by atoms with van der Waals surface area (Å²) in [5.74, 6) is 2.54. The maximum absolute atomic E-state index is 11.6. The molecule has 1 heterocycles. The fourth-order valence-corrected chi connectivity index (χ4v) is 3.19. The number of thioether (sulfide) groups is 1. The lowest BCUT2D eigenvalue weighted by atomic mass is 10.1. The Morgan fingerprint density at radius 3 is 2.90 bits per heavy atom. The quantitative estimate of drug-likeness (QED) is 0.812. The molecule has 1 aromatic rings. The van der Waals surface area contributed by atoms with Crippen molar-refractivity contribution in [2.24, 2.45) is 0 Å². The van der Waals surface area contributed by atoms with Gasteiger partial charge in [-0.05, 0) is 36.8 Å². The van der Waals surface area contributed by atoms with Crippen LogP contribution in [0.1, 0.15) is 25.0 Å². The maximum atomic E-state index is 11.6. The summed E-state index contributed by atoms with van der Waals surface area (Å²) in [5, 5.41) is 9.94. The Hall–Kier alpha value is -1.40. The van der Waals surface area contributed by atoms with Crippen molar-refractivity contribution in [3.63, 3.8) is 0 Å². The molecule has 116 valence electrons. The van der Waals surface area contributed by atoms with Gasteiger partial charge in [0.25, 0.3) is 0 Å². The van der Waals surface area contributed by atoms with Crippen molar-refractivity contribution < 1.29 is 24.1 Å². The first-order valence-electron chi connectivity index (χ1n) is 6.92. The van der Waals surface area contributed by atoms with Crippen molar-refractivity contribution in [2.45, 2.75) is 25.6 Å². The highest BCUT2D eigenvalue weighted by Gasteiger charge is 2.22. The summed E-state index contributed by atoms with van der Waals surface area (Å²) in [6.07, 6.45) is -0.110. The van der Waals surface area contributed by atoms with E-state index < -0.39 is 12.1 Å². The van der Waals surface area contributed by atoms with Crippen LogP contribution in [0.4, 0.5) is 0 Å². The van der Waals surface area contributed by atoms with Crippen LogP contribution in [-0.2, 0) is 9.53 Å². The molecule has 0 bridgehead atoms. The normalized spacial score (nSPS) is 19.1. The third-order valence-corrected chi connectivity index (χ3v) is 4.33. The van der Waals surface area contributed by atoms with E-state index in [4.69, 9.17) is 14.2 Å². The van der Waals surface area contributed by atoms with Crippen LogP contribution < -0.4 is 9.47 Å². The Balaban J connectivity index is 2.13. The van der Waals surface area contributed by atoms with Crippen molar-refractivity contribution in [3.05, 3.63) is 23.8 Å². The molecule has 2 rings (SSSR count). The molecule has 0 aromatic heterocycles. The van der Waals surface area contributed by atoms with Gasteiger partial charge in [0, 0.05) is 5.75 Å². The van der Waals surface area contributed by atoms with E-state index in [2.05, 4.69) is 0 Å². The number of ether oxygens (including phenoxy) is 3. The van der Waals surface area contributed by atoms with Gasteiger partial charge in [0.05, 0.1) is 13.7 Å². The number of carbonyl (C=O) groups excluding carboxylic acids is 1. The highest BCUT2D eigenvalue weighted by molar-refractivity contribution is 7.99. The highest BCUT2D eigenvalue weighted by atomic mass is 32.2. The molecule has 5 nitrogen and oxygen atoms in total. The molecule has 0 radical (unpaired) electrons. The van der Waals surface area contributed by atoms with Crippen LogP contribution in [0.5, 0.6) is 11.5 Å². The van der Waals surface area contributed by atoms with Gasteiger partial charge in [-0.25, -0.2) is 4.79 Å². The summed E-state index contributed by atoms with van der Waals surface area (Å²) in [4.78, 5) is 11.6. The van der Waals surface area contributed by atoms with Gasteiger partial charge >= 0.3 is 5.97 Å². The van der Waals surface area contributed by atoms with Crippen LogP contribution >= 0.6 is 11.8 Å². The molecule has 1 N–H and O–H groups in total. The zero-order valence-electron chi connectivity index (χ0n) is 12.2. The number of aliphatic hydroxyl groups is 1. The number of hydrogen-bond donors (Lipinski definition) is 1. The summed E-state index contributed by atoms with van der Waals surface area (Å²) in [6.45, 7) is 1.93. The zero-order valence-corrected chi connectivity index (χ0v) is 13.0. The van der Waals surface area contributed by atoms with E-state index in [9.17, 15) is 9.90 Å². The van der Waals surface area contributed by atoms with Gasteiger partial charge in [-0.1, -0.05) is 6.07 Å². The minimum atomic E-state index is -1.31. The van der Waals surface area contributed by atoms with Crippen LogP contribution in [0, 0.1) is 0 Å². The van der Waals surface area contributed by atoms with E-state index in [-0.39, 0.29) is 12.7 Å². The average Bonchev–Trinajstić information content (AvgIpc) is 3.00. The van der Waals surface area contributed by atoms with E-state index in [1.807, 2.05) is 11.8 Å². The highest BCUT2D eigenvalue weighted by Crippen LogP contribution is 2.33. The van der Waals surface area contributed by atoms with Crippen molar-refractivity contribution >= 4 is 17.7 Å². The van der Waals surface area contributed by atoms with Gasteiger partial charge in [-0.2, -0.15) is 11.8 Å². The van der Waals surface area contributed by atoms with Gasteiger partial charge in [-0.3, -0.25) is 0 Å². The van der Waals surface area contributed by atoms with Crippen molar-refractivity contribution in [2.75, 3.05) is 25.2 Å². The predicted octanol–water partition coefficient (Wildman–Crippen LogP) is 2.18. The predicted molar refractivity (Wildman–Crippen MR) is 80.9 cm³/mol. The van der Waals surface area contributed by atoms with Crippen LogP contribution in [0.25, 0.3) is 0 Å². The minimum absolute atomic E-state index is 0.185. The summed E-state index contributed by atoms with van der Waals surface area (Å²) >= 11 is 1.87. The fraction of sp³-hybridized carbons (Fsp3) is 0.533. The lowest BCUT2D eigenvalue weighted by molar-refractivity contribution is -0.153. The molecule has 2 unspecified atom stereocenters. The van der Waals surface area contributed by atoms with Crippen LogP contribution in [0.15, 0.2) is 18.2 Å². The van der Waals surface area contributed by atoms with E-state index in [0.717, 1.165) is 17.9 Å². The largest absolute Gasteiger partial charge is 0.493 e. The lowest BCUT2D eigenvalue weighted by Crippen LogP contribution is -2.17. The third-order valence-electron chi connectivity index (χ3n) is 3.19. The summed E-state index contributed by atoms with van der Waals surface area (Å²) in [6, 6.07) is 4.99. The maximum Gasteiger partial charge on any atom is 0.339 e. The summed E-state index contributed by atoms with van der Waals surface area (Å²) < 4.78 is 16.0. The first kappa shape index (κ1) is 16.0. The number of hydrogen-bond acceptors (Lipinski definition) is 6. The second-order valence-electron chi connectivity index (χ2n) is 4.67. The lowest BCUT2D eigenvalue weighted by Gasteiger charge is -2.17. The number of carbonyl (C=O) groups is 1. The molecule has 1 aliphatic heterocycles. The number of rotatable bonds is 6. The van der Waals surface area contributed by atoms with Crippen LogP contribution in [0.3, 0.4) is 0 Å². The molecule has 21 heavy (non-hydrogen) atoms.